The van der Waals surface area contributed by atoms with E-state index in [9.17, 15) is 9.90 Å². The summed E-state index contributed by atoms with van der Waals surface area (Å²) >= 11 is 0. The Balaban J connectivity index is 1.99. The van der Waals surface area contributed by atoms with Gasteiger partial charge in [0.15, 0.2) is 0 Å². The quantitative estimate of drug-likeness (QED) is 0.658. The summed E-state index contributed by atoms with van der Waals surface area (Å²) in [6.07, 6.45) is 1.90. The van der Waals surface area contributed by atoms with Crippen LogP contribution in [0.15, 0.2) is 17.1 Å². The second-order valence-corrected chi connectivity index (χ2v) is 4.05. The molecule has 2 unspecified atom stereocenters. The van der Waals surface area contributed by atoms with Crippen molar-refractivity contribution in [3.05, 3.63) is 22.6 Å². The minimum Gasteiger partial charge on any atom is -0.385 e. The lowest BCUT2D eigenvalue weighted by atomic mass is 9.97. The van der Waals surface area contributed by atoms with E-state index in [-0.39, 0.29) is 11.7 Å². The molecule has 1 aliphatic rings. The number of ether oxygens (including phenoxy) is 1. The Morgan fingerprint density at radius 2 is 2.62 bits per heavy atom. The highest BCUT2D eigenvalue weighted by Gasteiger charge is 2.39. The summed E-state index contributed by atoms with van der Waals surface area (Å²) in [7, 11) is 0. The van der Waals surface area contributed by atoms with Gasteiger partial charge in [-0.2, -0.15) is 5.10 Å². The van der Waals surface area contributed by atoms with E-state index in [4.69, 9.17) is 4.74 Å². The molecule has 1 aromatic rings. The van der Waals surface area contributed by atoms with Gasteiger partial charge < -0.3 is 15.2 Å². The SMILES string of the molecule is CC1OCCC1(O)CNc1cn[nH]c(=O)c1. The first kappa shape index (κ1) is 11.1. The van der Waals surface area contributed by atoms with Gasteiger partial charge in [-0.3, -0.25) is 4.79 Å². The van der Waals surface area contributed by atoms with E-state index in [1.54, 1.807) is 0 Å². The molecule has 6 nitrogen and oxygen atoms in total. The lowest BCUT2D eigenvalue weighted by Crippen LogP contribution is -2.43. The third kappa shape index (κ3) is 2.23. The number of hydrogen-bond donors (Lipinski definition) is 3. The van der Waals surface area contributed by atoms with Crippen molar-refractivity contribution in [2.24, 2.45) is 0 Å². The first-order valence-electron chi connectivity index (χ1n) is 5.23. The Morgan fingerprint density at radius 3 is 3.25 bits per heavy atom. The maximum absolute atomic E-state index is 11.0. The molecule has 0 amide bonds. The topological polar surface area (TPSA) is 87.2 Å². The number of anilines is 1. The predicted octanol–water partition coefficient (Wildman–Crippen LogP) is -0.278. The van der Waals surface area contributed by atoms with Crippen LogP contribution in [0.3, 0.4) is 0 Å². The van der Waals surface area contributed by atoms with Gasteiger partial charge in [0.05, 0.1) is 18.0 Å². The van der Waals surface area contributed by atoms with E-state index in [1.165, 1.54) is 12.3 Å². The van der Waals surface area contributed by atoms with Crippen LogP contribution < -0.4 is 10.9 Å². The zero-order valence-corrected chi connectivity index (χ0v) is 9.06. The molecule has 0 saturated carbocycles. The Labute approximate surface area is 92.6 Å². The van der Waals surface area contributed by atoms with Gasteiger partial charge in [0.25, 0.3) is 5.56 Å². The third-order valence-electron chi connectivity index (χ3n) is 2.92. The van der Waals surface area contributed by atoms with E-state index in [2.05, 4.69) is 15.5 Å². The van der Waals surface area contributed by atoms with E-state index < -0.39 is 5.60 Å². The summed E-state index contributed by atoms with van der Waals surface area (Å²) in [5.74, 6) is 0. The molecule has 0 spiro atoms. The van der Waals surface area contributed by atoms with Crippen LogP contribution in [0.25, 0.3) is 0 Å². The molecule has 6 heteroatoms. The molecule has 1 aromatic heterocycles. The minimum absolute atomic E-state index is 0.199. The van der Waals surface area contributed by atoms with Crippen molar-refractivity contribution < 1.29 is 9.84 Å². The van der Waals surface area contributed by atoms with Crippen molar-refractivity contribution in [1.29, 1.82) is 0 Å². The van der Waals surface area contributed by atoms with Gasteiger partial charge >= 0.3 is 0 Å². The number of nitrogens with zero attached hydrogens (tertiary/aromatic N) is 1. The maximum Gasteiger partial charge on any atom is 0.266 e. The largest absolute Gasteiger partial charge is 0.385 e. The van der Waals surface area contributed by atoms with Crippen LogP contribution in [0.5, 0.6) is 0 Å². The number of aromatic amines is 1. The first-order valence-corrected chi connectivity index (χ1v) is 5.23. The monoisotopic (exact) mass is 225 g/mol. The molecule has 0 aromatic carbocycles. The molecule has 88 valence electrons. The highest BCUT2D eigenvalue weighted by atomic mass is 16.5. The standard InChI is InChI=1S/C10H15N3O3/c1-7-10(15,2-3-16-7)6-11-8-4-9(14)13-12-5-8/h4-5,7,15H,2-3,6H2,1H3,(H2,11,13,14). The highest BCUT2D eigenvalue weighted by molar-refractivity contribution is 5.39. The Morgan fingerprint density at radius 1 is 1.81 bits per heavy atom. The summed E-state index contributed by atoms with van der Waals surface area (Å²) < 4.78 is 5.31. The average molecular weight is 225 g/mol. The van der Waals surface area contributed by atoms with Gasteiger partial charge in [0.1, 0.15) is 5.60 Å². The van der Waals surface area contributed by atoms with Crippen LogP contribution >= 0.6 is 0 Å². The van der Waals surface area contributed by atoms with E-state index in [1.807, 2.05) is 6.92 Å². The second-order valence-electron chi connectivity index (χ2n) is 4.05. The molecule has 3 N–H and O–H groups in total. The molecule has 0 bridgehead atoms. The van der Waals surface area contributed by atoms with Crippen LogP contribution in [0.2, 0.25) is 0 Å². The van der Waals surface area contributed by atoms with E-state index in [0.29, 0.717) is 25.3 Å². The maximum atomic E-state index is 11.0. The molecule has 0 radical (unpaired) electrons. The normalized spacial score (nSPS) is 29.2. The molecule has 2 rings (SSSR count). The van der Waals surface area contributed by atoms with Crippen molar-refractivity contribution in [2.45, 2.75) is 25.0 Å². The molecular weight excluding hydrogens is 210 g/mol. The van der Waals surface area contributed by atoms with Gasteiger partial charge in [-0.15, -0.1) is 0 Å². The van der Waals surface area contributed by atoms with E-state index in [0.717, 1.165) is 0 Å². The van der Waals surface area contributed by atoms with Crippen molar-refractivity contribution >= 4 is 5.69 Å². The van der Waals surface area contributed by atoms with E-state index >= 15 is 0 Å². The molecule has 0 aliphatic carbocycles. The van der Waals surface area contributed by atoms with Crippen molar-refractivity contribution in [3.63, 3.8) is 0 Å². The van der Waals surface area contributed by atoms with Gasteiger partial charge in [-0.05, 0) is 6.92 Å². The zero-order chi connectivity index (χ0) is 11.6. The van der Waals surface area contributed by atoms with Crippen molar-refractivity contribution in [1.82, 2.24) is 10.2 Å². The highest BCUT2D eigenvalue weighted by Crippen LogP contribution is 2.25. The third-order valence-corrected chi connectivity index (χ3v) is 2.92. The Kier molecular flexibility index (Phi) is 2.93. The fourth-order valence-electron chi connectivity index (χ4n) is 1.73. The molecule has 16 heavy (non-hydrogen) atoms. The number of hydrogen-bond acceptors (Lipinski definition) is 5. The number of aromatic nitrogens is 2. The number of nitrogens with one attached hydrogen (secondary N) is 2. The van der Waals surface area contributed by atoms with Crippen LogP contribution in [0, 0.1) is 0 Å². The molecule has 1 saturated heterocycles. The molecule has 2 heterocycles. The van der Waals surface area contributed by atoms with Crippen molar-refractivity contribution in [3.8, 4) is 0 Å². The summed E-state index contributed by atoms with van der Waals surface area (Å²) in [5.41, 5.74) is -0.549. The van der Waals surface area contributed by atoms with Crippen LogP contribution in [-0.4, -0.2) is 40.2 Å². The van der Waals surface area contributed by atoms with Gasteiger partial charge in [-0.25, -0.2) is 5.10 Å². The minimum atomic E-state index is -0.872. The molecule has 1 aliphatic heterocycles. The second kappa shape index (κ2) is 4.23. The summed E-state index contributed by atoms with van der Waals surface area (Å²) in [4.78, 5) is 11.0. The summed E-state index contributed by atoms with van der Waals surface area (Å²) in [5, 5.41) is 19.1. The van der Waals surface area contributed by atoms with Crippen LogP contribution in [0.1, 0.15) is 13.3 Å². The van der Waals surface area contributed by atoms with Crippen LogP contribution in [0.4, 0.5) is 5.69 Å². The fraction of sp³-hybridized carbons (Fsp3) is 0.600. The van der Waals surface area contributed by atoms with Crippen LogP contribution in [-0.2, 0) is 4.74 Å². The van der Waals surface area contributed by atoms with Gasteiger partial charge in [0, 0.05) is 25.6 Å². The fourth-order valence-corrected chi connectivity index (χ4v) is 1.73. The lowest BCUT2D eigenvalue weighted by molar-refractivity contribution is -0.0176. The first-order chi connectivity index (χ1) is 7.60. The molecular formula is C10H15N3O3. The number of rotatable bonds is 3. The molecule has 2 atom stereocenters. The number of aliphatic hydroxyl groups is 1. The van der Waals surface area contributed by atoms with Gasteiger partial charge in [0.2, 0.25) is 0 Å². The Bertz CT molecular complexity index is 420. The smallest absolute Gasteiger partial charge is 0.266 e. The van der Waals surface area contributed by atoms with Crippen molar-refractivity contribution in [2.75, 3.05) is 18.5 Å². The summed E-state index contributed by atoms with van der Waals surface area (Å²) in [6.45, 7) is 2.75. The Hall–Kier alpha value is -1.40. The lowest BCUT2D eigenvalue weighted by Gasteiger charge is -2.26. The number of H-pyrrole nitrogens is 1. The predicted molar refractivity (Wildman–Crippen MR) is 58.3 cm³/mol. The zero-order valence-electron chi connectivity index (χ0n) is 9.06. The average Bonchev–Trinajstić information content (AvgIpc) is 2.58. The molecule has 1 fully saturated rings. The van der Waals surface area contributed by atoms with Gasteiger partial charge in [-0.1, -0.05) is 0 Å². The summed E-state index contributed by atoms with van der Waals surface area (Å²) in [6, 6.07) is 1.40.